The highest BCUT2D eigenvalue weighted by atomic mass is 35.5. The summed E-state index contributed by atoms with van der Waals surface area (Å²) in [5.74, 6) is 0.0739. The topological polar surface area (TPSA) is 98.3 Å². The standard InChI is InChI=1S/C12H14ClN3O3/c13-8-3-4-11(16(18)19)10(5-8)15-12(17)6-9(14)7-1-2-7/h3-5,7,9H,1-2,6,14H2,(H,15,17). The van der Waals surface area contributed by atoms with Gasteiger partial charge in [-0.25, -0.2) is 0 Å². The molecule has 1 aromatic rings. The molecule has 0 radical (unpaired) electrons. The minimum absolute atomic E-state index is 0.102. The van der Waals surface area contributed by atoms with Crippen LogP contribution in [0.1, 0.15) is 19.3 Å². The first kappa shape index (κ1) is 13.8. The van der Waals surface area contributed by atoms with E-state index < -0.39 is 4.92 Å². The van der Waals surface area contributed by atoms with Crippen molar-refractivity contribution in [2.45, 2.75) is 25.3 Å². The van der Waals surface area contributed by atoms with Gasteiger partial charge in [0.2, 0.25) is 5.91 Å². The molecular formula is C12H14ClN3O3. The van der Waals surface area contributed by atoms with Crippen LogP contribution in [0.25, 0.3) is 0 Å². The third-order valence-corrected chi connectivity index (χ3v) is 3.31. The largest absolute Gasteiger partial charge is 0.327 e. The number of hydrogen-bond acceptors (Lipinski definition) is 4. The molecule has 3 N–H and O–H groups in total. The lowest BCUT2D eigenvalue weighted by atomic mass is 10.1. The summed E-state index contributed by atoms with van der Waals surface area (Å²) in [6, 6.07) is 3.85. The molecular weight excluding hydrogens is 270 g/mol. The van der Waals surface area contributed by atoms with E-state index in [4.69, 9.17) is 17.3 Å². The lowest BCUT2D eigenvalue weighted by Crippen LogP contribution is -2.29. The molecule has 1 aliphatic carbocycles. The van der Waals surface area contributed by atoms with Gasteiger partial charge in [0.15, 0.2) is 0 Å². The second-order valence-corrected chi connectivity index (χ2v) is 5.11. The van der Waals surface area contributed by atoms with Gasteiger partial charge in [0.05, 0.1) is 4.92 Å². The molecule has 1 atom stereocenters. The summed E-state index contributed by atoms with van der Waals surface area (Å²) < 4.78 is 0. The summed E-state index contributed by atoms with van der Waals surface area (Å²) >= 11 is 5.77. The van der Waals surface area contributed by atoms with E-state index in [0.29, 0.717) is 10.9 Å². The fourth-order valence-electron chi connectivity index (χ4n) is 1.87. The van der Waals surface area contributed by atoms with Gasteiger partial charge in [-0.3, -0.25) is 14.9 Å². The van der Waals surface area contributed by atoms with Gasteiger partial charge in [0.25, 0.3) is 5.69 Å². The minimum Gasteiger partial charge on any atom is -0.327 e. The molecule has 0 heterocycles. The Morgan fingerprint density at radius 3 is 2.84 bits per heavy atom. The number of nitrogens with two attached hydrogens (primary N) is 1. The molecule has 0 aromatic heterocycles. The SMILES string of the molecule is NC(CC(=O)Nc1cc(Cl)ccc1[N+](=O)[O-])C1CC1. The highest BCUT2D eigenvalue weighted by Gasteiger charge is 2.30. The monoisotopic (exact) mass is 283 g/mol. The van der Waals surface area contributed by atoms with Crippen LogP contribution in [0.5, 0.6) is 0 Å². The van der Waals surface area contributed by atoms with E-state index in [2.05, 4.69) is 5.32 Å². The minimum atomic E-state index is -0.563. The van der Waals surface area contributed by atoms with Crippen LogP contribution < -0.4 is 11.1 Å². The Morgan fingerprint density at radius 1 is 1.58 bits per heavy atom. The van der Waals surface area contributed by atoms with Gasteiger partial charge in [0, 0.05) is 23.6 Å². The van der Waals surface area contributed by atoms with Crippen LogP contribution in [0, 0.1) is 16.0 Å². The highest BCUT2D eigenvalue weighted by Crippen LogP contribution is 2.33. The number of carbonyl (C=O) groups excluding carboxylic acids is 1. The molecule has 19 heavy (non-hydrogen) atoms. The van der Waals surface area contributed by atoms with Crippen molar-refractivity contribution < 1.29 is 9.72 Å². The molecule has 2 rings (SSSR count). The van der Waals surface area contributed by atoms with Crippen molar-refractivity contribution in [2.75, 3.05) is 5.32 Å². The number of carbonyl (C=O) groups is 1. The fourth-order valence-corrected chi connectivity index (χ4v) is 2.05. The molecule has 1 unspecified atom stereocenters. The average molecular weight is 284 g/mol. The summed E-state index contributed by atoms with van der Waals surface area (Å²) in [5.41, 5.74) is 5.76. The van der Waals surface area contributed by atoms with E-state index in [1.807, 2.05) is 0 Å². The maximum Gasteiger partial charge on any atom is 0.292 e. The number of anilines is 1. The molecule has 0 spiro atoms. The summed E-state index contributed by atoms with van der Waals surface area (Å²) in [6.07, 6.45) is 2.26. The molecule has 102 valence electrons. The van der Waals surface area contributed by atoms with E-state index in [1.54, 1.807) is 0 Å². The lowest BCUT2D eigenvalue weighted by molar-refractivity contribution is -0.383. The third-order valence-electron chi connectivity index (χ3n) is 3.08. The molecule has 0 aliphatic heterocycles. The van der Waals surface area contributed by atoms with Gasteiger partial charge in [0.1, 0.15) is 5.69 Å². The first-order valence-electron chi connectivity index (χ1n) is 5.96. The van der Waals surface area contributed by atoms with Crippen molar-refractivity contribution in [3.8, 4) is 0 Å². The van der Waals surface area contributed by atoms with Crippen LogP contribution in [0.3, 0.4) is 0 Å². The molecule has 1 aromatic carbocycles. The van der Waals surface area contributed by atoms with Crippen molar-refractivity contribution in [2.24, 2.45) is 11.7 Å². The van der Waals surface area contributed by atoms with E-state index in [-0.39, 0.29) is 29.7 Å². The van der Waals surface area contributed by atoms with Gasteiger partial charge < -0.3 is 11.1 Å². The summed E-state index contributed by atoms with van der Waals surface area (Å²) in [5, 5.41) is 13.7. The van der Waals surface area contributed by atoms with Crippen molar-refractivity contribution in [1.29, 1.82) is 0 Å². The second-order valence-electron chi connectivity index (χ2n) is 4.67. The molecule has 1 amide bonds. The summed E-state index contributed by atoms with van der Waals surface area (Å²) in [7, 11) is 0. The smallest absolute Gasteiger partial charge is 0.292 e. The first-order valence-corrected chi connectivity index (χ1v) is 6.34. The summed E-state index contributed by atoms with van der Waals surface area (Å²) in [6.45, 7) is 0. The number of nitrogens with one attached hydrogen (secondary N) is 1. The Hall–Kier alpha value is -1.66. The number of halogens is 1. The average Bonchev–Trinajstić information content (AvgIpc) is 3.11. The van der Waals surface area contributed by atoms with Crippen LogP contribution in [0.2, 0.25) is 5.02 Å². The molecule has 7 heteroatoms. The van der Waals surface area contributed by atoms with E-state index >= 15 is 0 Å². The molecule has 1 fully saturated rings. The van der Waals surface area contributed by atoms with Gasteiger partial charge in [-0.1, -0.05) is 11.6 Å². The van der Waals surface area contributed by atoms with Crippen LogP contribution in [0.4, 0.5) is 11.4 Å². The highest BCUT2D eigenvalue weighted by molar-refractivity contribution is 6.31. The number of hydrogen-bond donors (Lipinski definition) is 2. The molecule has 0 saturated heterocycles. The second kappa shape index (κ2) is 5.54. The van der Waals surface area contributed by atoms with Gasteiger partial charge in [-0.2, -0.15) is 0 Å². The predicted octanol–water partition coefficient (Wildman–Crippen LogP) is 2.31. The van der Waals surface area contributed by atoms with E-state index in [1.165, 1.54) is 18.2 Å². The van der Waals surface area contributed by atoms with Crippen molar-refractivity contribution >= 4 is 28.9 Å². The lowest BCUT2D eigenvalue weighted by Gasteiger charge is -2.10. The molecule has 0 bridgehead atoms. The molecule has 1 saturated carbocycles. The van der Waals surface area contributed by atoms with Crippen molar-refractivity contribution in [3.05, 3.63) is 33.3 Å². The Kier molecular flexibility index (Phi) is 4.01. The van der Waals surface area contributed by atoms with Crippen LogP contribution in [0.15, 0.2) is 18.2 Å². The Bertz CT molecular complexity index is 517. The van der Waals surface area contributed by atoms with Crippen molar-refractivity contribution in [3.63, 3.8) is 0 Å². The first-order chi connectivity index (χ1) is 8.97. The maximum atomic E-state index is 11.8. The van der Waals surface area contributed by atoms with E-state index in [9.17, 15) is 14.9 Å². The number of nitro groups is 1. The fraction of sp³-hybridized carbons (Fsp3) is 0.417. The van der Waals surface area contributed by atoms with Crippen LogP contribution in [-0.4, -0.2) is 16.9 Å². The van der Waals surface area contributed by atoms with Gasteiger partial charge in [-0.05, 0) is 30.9 Å². The number of rotatable bonds is 5. The zero-order valence-electron chi connectivity index (χ0n) is 10.1. The Morgan fingerprint density at radius 2 is 2.26 bits per heavy atom. The molecule has 1 aliphatic rings. The quantitative estimate of drug-likeness (QED) is 0.640. The Labute approximate surface area is 115 Å². The molecule has 6 nitrogen and oxygen atoms in total. The zero-order valence-corrected chi connectivity index (χ0v) is 10.9. The third kappa shape index (κ3) is 3.65. The van der Waals surface area contributed by atoms with Gasteiger partial charge in [-0.15, -0.1) is 0 Å². The Balaban J connectivity index is 2.06. The predicted molar refractivity (Wildman–Crippen MR) is 72.1 cm³/mol. The van der Waals surface area contributed by atoms with Crippen LogP contribution >= 0.6 is 11.6 Å². The number of benzene rings is 1. The normalized spacial score (nSPS) is 15.9. The number of nitro benzene ring substituents is 1. The zero-order chi connectivity index (χ0) is 14.0. The number of amides is 1. The van der Waals surface area contributed by atoms with E-state index in [0.717, 1.165) is 12.8 Å². The van der Waals surface area contributed by atoms with Crippen LogP contribution in [-0.2, 0) is 4.79 Å². The summed E-state index contributed by atoms with van der Waals surface area (Å²) in [4.78, 5) is 22.1. The van der Waals surface area contributed by atoms with Crippen molar-refractivity contribution in [1.82, 2.24) is 0 Å². The number of nitrogens with zero attached hydrogens (tertiary/aromatic N) is 1. The van der Waals surface area contributed by atoms with Gasteiger partial charge >= 0.3 is 0 Å². The maximum absolute atomic E-state index is 11.8.